The molecule has 3 rings (SSSR count). The van der Waals surface area contributed by atoms with Crippen LogP contribution in [0.3, 0.4) is 0 Å². The summed E-state index contributed by atoms with van der Waals surface area (Å²) in [7, 11) is -3.47. The third kappa shape index (κ3) is 6.56. The number of aryl methyl sites for hydroxylation is 1. The van der Waals surface area contributed by atoms with E-state index in [1.54, 1.807) is 24.3 Å². The molecule has 1 atom stereocenters. The Kier molecular flexibility index (Phi) is 7.70. The Morgan fingerprint density at radius 3 is 2.52 bits per heavy atom. The molecule has 0 aromatic heterocycles. The fourth-order valence-corrected chi connectivity index (χ4v) is 5.32. The molecule has 1 amide bonds. The molecule has 0 aliphatic carbocycles. The SMILES string of the molecule is O=C(NCCCc1ccccc1)[C@H]1CCCN(S(=O)(=O)Cc2ccc(Cl)cc2)C1. The van der Waals surface area contributed by atoms with E-state index < -0.39 is 10.0 Å². The van der Waals surface area contributed by atoms with E-state index in [9.17, 15) is 13.2 Å². The normalized spacial score (nSPS) is 17.8. The third-order valence-electron chi connectivity index (χ3n) is 5.19. The van der Waals surface area contributed by atoms with Crippen molar-refractivity contribution in [3.05, 3.63) is 70.7 Å². The molecule has 0 saturated carbocycles. The molecule has 0 spiro atoms. The van der Waals surface area contributed by atoms with Crippen LogP contribution in [0.2, 0.25) is 5.02 Å². The molecule has 2 aromatic rings. The molecule has 29 heavy (non-hydrogen) atoms. The zero-order chi connectivity index (χ0) is 20.7. The number of hydrogen-bond acceptors (Lipinski definition) is 3. The van der Waals surface area contributed by atoms with Crippen molar-refractivity contribution in [3.63, 3.8) is 0 Å². The second-order valence-electron chi connectivity index (χ2n) is 7.46. The van der Waals surface area contributed by atoms with Crippen molar-refractivity contribution in [2.75, 3.05) is 19.6 Å². The van der Waals surface area contributed by atoms with Crippen LogP contribution in [-0.2, 0) is 27.0 Å². The van der Waals surface area contributed by atoms with E-state index in [2.05, 4.69) is 17.4 Å². The molecule has 1 heterocycles. The second kappa shape index (κ2) is 10.2. The van der Waals surface area contributed by atoms with Crippen LogP contribution >= 0.6 is 11.6 Å². The number of halogens is 1. The van der Waals surface area contributed by atoms with Crippen LogP contribution in [0.5, 0.6) is 0 Å². The molecular weight excluding hydrogens is 408 g/mol. The summed E-state index contributed by atoms with van der Waals surface area (Å²) < 4.78 is 27.0. The number of amides is 1. The highest BCUT2D eigenvalue weighted by Crippen LogP contribution is 2.22. The average Bonchev–Trinajstić information content (AvgIpc) is 2.73. The topological polar surface area (TPSA) is 66.5 Å². The molecule has 1 saturated heterocycles. The fourth-order valence-electron chi connectivity index (χ4n) is 3.58. The Labute approximate surface area is 178 Å². The first kappa shape index (κ1) is 21.8. The number of hydrogen-bond donors (Lipinski definition) is 1. The van der Waals surface area contributed by atoms with Crippen LogP contribution in [0.25, 0.3) is 0 Å². The van der Waals surface area contributed by atoms with Gasteiger partial charge >= 0.3 is 0 Å². The third-order valence-corrected chi connectivity index (χ3v) is 7.26. The number of nitrogens with one attached hydrogen (secondary N) is 1. The van der Waals surface area contributed by atoms with Gasteiger partial charge in [-0.15, -0.1) is 0 Å². The second-order valence-corrected chi connectivity index (χ2v) is 9.87. The Balaban J connectivity index is 1.48. The van der Waals surface area contributed by atoms with Crippen LogP contribution in [0.4, 0.5) is 0 Å². The summed E-state index contributed by atoms with van der Waals surface area (Å²) in [5.41, 5.74) is 1.95. The summed E-state index contributed by atoms with van der Waals surface area (Å²) in [4.78, 5) is 12.5. The molecule has 1 fully saturated rings. The lowest BCUT2D eigenvalue weighted by Crippen LogP contribution is -2.45. The van der Waals surface area contributed by atoms with E-state index >= 15 is 0 Å². The summed E-state index contributed by atoms with van der Waals surface area (Å²) in [6, 6.07) is 17.0. The number of piperidine rings is 1. The first-order valence-corrected chi connectivity index (χ1v) is 12.0. The standard InChI is InChI=1S/C22H27ClN2O3S/c23-21-12-10-19(11-13-21)17-29(27,28)25-15-5-9-20(16-25)22(26)24-14-4-8-18-6-2-1-3-7-18/h1-3,6-7,10-13,20H,4-5,8-9,14-17H2,(H,24,26)/t20-/m0/s1. The maximum atomic E-state index is 12.8. The number of carbonyl (C=O) groups excluding carboxylic acids is 1. The van der Waals surface area contributed by atoms with Gasteiger partial charge in [0.05, 0.1) is 11.7 Å². The first-order chi connectivity index (χ1) is 13.9. The fraction of sp³-hybridized carbons (Fsp3) is 0.409. The van der Waals surface area contributed by atoms with Gasteiger partial charge < -0.3 is 5.32 Å². The zero-order valence-electron chi connectivity index (χ0n) is 16.4. The molecule has 1 aliphatic rings. The van der Waals surface area contributed by atoms with Crippen molar-refractivity contribution in [1.29, 1.82) is 0 Å². The molecule has 2 aromatic carbocycles. The van der Waals surface area contributed by atoms with Crippen molar-refractivity contribution < 1.29 is 13.2 Å². The number of carbonyl (C=O) groups is 1. The van der Waals surface area contributed by atoms with Gasteiger partial charge in [0.2, 0.25) is 15.9 Å². The molecular formula is C22H27ClN2O3S. The molecule has 7 heteroatoms. The van der Waals surface area contributed by atoms with E-state index in [0.717, 1.165) is 19.3 Å². The zero-order valence-corrected chi connectivity index (χ0v) is 18.0. The maximum Gasteiger partial charge on any atom is 0.224 e. The molecule has 0 radical (unpaired) electrons. The van der Waals surface area contributed by atoms with E-state index in [-0.39, 0.29) is 24.1 Å². The van der Waals surface area contributed by atoms with Crippen LogP contribution in [-0.4, -0.2) is 38.3 Å². The molecule has 0 bridgehead atoms. The van der Waals surface area contributed by atoms with Gasteiger partial charge in [-0.25, -0.2) is 12.7 Å². The molecule has 1 aliphatic heterocycles. The Bertz CT molecular complexity index is 901. The van der Waals surface area contributed by atoms with Crippen molar-refractivity contribution in [1.82, 2.24) is 9.62 Å². The summed E-state index contributed by atoms with van der Waals surface area (Å²) in [6.07, 6.45) is 3.19. The Hall–Kier alpha value is -1.89. The van der Waals surface area contributed by atoms with Crippen LogP contribution < -0.4 is 5.32 Å². The molecule has 1 N–H and O–H groups in total. The van der Waals surface area contributed by atoms with Crippen molar-refractivity contribution in [2.24, 2.45) is 5.92 Å². The highest BCUT2D eigenvalue weighted by molar-refractivity contribution is 7.88. The number of sulfonamides is 1. The van der Waals surface area contributed by atoms with Gasteiger partial charge in [0, 0.05) is 24.7 Å². The van der Waals surface area contributed by atoms with Gasteiger partial charge in [0.25, 0.3) is 0 Å². The van der Waals surface area contributed by atoms with Crippen molar-refractivity contribution >= 4 is 27.5 Å². The predicted octanol–water partition coefficient (Wildman–Crippen LogP) is 3.63. The minimum Gasteiger partial charge on any atom is -0.356 e. The van der Waals surface area contributed by atoms with Crippen LogP contribution in [0.1, 0.15) is 30.4 Å². The lowest BCUT2D eigenvalue weighted by atomic mass is 9.99. The lowest BCUT2D eigenvalue weighted by Gasteiger charge is -2.31. The predicted molar refractivity (Wildman–Crippen MR) is 116 cm³/mol. The molecule has 5 nitrogen and oxygen atoms in total. The van der Waals surface area contributed by atoms with E-state index in [1.165, 1.54) is 9.87 Å². The number of nitrogens with zero attached hydrogens (tertiary/aromatic N) is 1. The van der Waals surface area contributed by atoms with Crippen LogP contribution in [0.15, 0.2) is 54.6 Å². The summed E-state index contributed by atoms with van der Waals surface area (Å²) >= 11 is 5.87. The monoisotopic (exact) mass is 434 g/mol. The Morgan fingerprint density at radius 1 is 1.07 bits per heavy atom. The number of rotatable bonds is 8. The largest absolute Gasteiger partial charge is 0.356 e. The van der Waals surface area contributed by atoms with Gasteiger partial charge in [0.15, 0.2) is 0 Å². The van der Waals surface area contributed by atoms with Gasteiger partial charge in [-0.1, -0.05) is 54.1 Å². The van der Waals surface area contributed by atoms with E-state index in [0.29, 0.717) is 30.1 Å². The highest BCUT2D eigenvalue weighted by atomic mass is 35.5. The number of benzene rings is 2. The summed E-state index contributed by atoms with van der Waals surface area (Å²) in [6.45, 7) is 1.32. The molecule has 156 valence electrons. The minimum absolute atomic E-state index is 0.0514. The maximum absolute atomic E-state index is 12.8. The van der Waals surface area contributed by atoms with Gasteiger partial charge in [-0.3, -0.25) is 4.79 Å². The summed E-state index contributed by atoms with van der Waals surface area (Å²) in [5, 5.41) is 3.55. The van der Waals surface area contributed by atoms with Crippen molar-refractivity contribution in [3.8, 4) is 0 Å². The summed E-state index contributed by atoms with van der Waals surface area (Å²) in [5.74, 6) is -0.416. The van der Waals surface area contributed by atoms with Gasteiger partial charge in [-0.2, -0.15) is 0 Å². The Morgan fingerprint density at radius 2 is 1.79 bits per heavy atom. The quantitative estimate of drug-likeness (QED) is 0.645. The highest BCUT2D eigenvalue weighted by Gasteiger charge is 2.32. The molecule has 0 unspecified atom stereocenters. The van der Waals surface area contributed by atoms with E-state index in [1.807, 2.05) is 18.2 Å². The average molecular weight is 435 g/mol. The smallest absolute Gasteiger partial charge is 0.224 e. The van der Waals surface area contributed by atoms with Gasteiger partial charge in [-0.05, 0) is 48.9 Å². The lowest BCUT2D eigenvalue weighted by molar-refractivity contribution is -0.126. The minimum atomic E-state index is -3.47. The van der Waals surface area contributed by atoms with Crippen molar-refractivity contribution in [2.45, 2.75) is 31.4 Å². The first-order valence-electron chi connectivity index (χ1n) is 9.98. The van der Waals surface area contributed by atoms with Crippen LogP contribution in [0, 0.1) is 5.92 Å². The van der Waals surface area contributed by atoms with E-state index in [4.69, 9.17) is 11.6 Å². The van der Waals surface area contributed by atoms with Gasteiger partial charge in [0.1, 0.15) is 0 Å².